The molecule has 5 heteroatoms. The summed E-state index contributed by atoms with van der Waals surface area (Å²) in [7, 11) is 0. The minimum absolute atomic E-state index is 0.0261. The molecule has 1 aromatic rings. The van der Waals surface area contributed by atoms with E-state index in [4.69, 9.17) is 5.73 Å². The van der Waals surface area contributed by atoms with Crippen LogP contribution in [0.1, 0.15) is 25.8 Å². The summed E-state index contributed by atoms with van der Waals surface area (Å²) in [5.41, 5.74) is 6.70. The smallest absolute Gasteiger partial charge is 0.224 e. The van der Waals surface area contributed by atoms with Crippen LogP contribution >= 0.6 is 0 Å². The summed E-state index contributed by atoms with van der Waals surface area (Å²) < 4.78 is 1.90. The van der Waals surface area contributed by atoms with Crippen LogP contribution in [0.2, 0.25) is 0 Å². The third kappa shape index (κ3) is 4.19. The molecule has 1 heterocycles. The maximum absolute atomic E-state index is 11.7. The maximum Gasteiger partial charge on any atom is 0.224 e. The highest BCUT2D eigenvalue weighted by atomic mass is 16.1. The monoisotopic (exact) mass is 238 g/mol. The number of aryl methyl sites for hydroxylation is 1. The van der Waals surface area contributed by atoms with Crippen molar-refractivity contribution in [1.29, 1.82) is 0 Å². The molecular formula is C12H22N4O. The summed E-state index contributed by atoms with van der Waals surface area (Å²) in [5, 5.41) is 7.05. The van der Waals surface area contributed by atoms with Crippen LogP contribution in [-0.4, -0.2) is 28.8 Å². The Hall–Kier alpha value is -1.36. The van der Waals surface area contributed by atoms with Crippen molar-refractivity contribution in [2.45, 2.75) is 33.2 Å². The first-order chi connectivity index (χ1) is 8.21. The zero-order chi connectivity index (χ0) is 12.7. The molecule has 17 heavy (non-hydrogen) atoms. The quantitative estimate of drug-likeness (QED) is 0.728. The number of rotatable bonds is 7. The molecule has 1 aromatic heterocycles. The zero-order valence-electron chi connectivity index (χ0n) is 10.6. The minimum Gasteiger partial charge on any atom is -0.356 e. The van der Waals surface area contributed by atoms with Crippen molar-refractivity contribution >= 4 is 5.91 Å². The van der Waals surface area contributed by atoms with E-state index in [-0.39, 0.29) is 11.8 Å². The summed E-state index contributed by atoms with van der Waals surface area (Å²) in [6.07, 6.45) is 5.52. The van der Waals surface area contributed by atoms with Gasteiger partial charge in [0.2, 0.25) is 5.91 Å². The van der Waals surface area contributed by atoms with Crippen molar-refractivity contribution in [3.05, 3.63) is 18.0 Å². The second kappa shape index (κ2) is 7.06. The largest absolute Gasteiger partial charge is 0.356 e. The molecule has 1 amide bonds. The van der Waals surface area contributed by atoms with Crippen molar-refractivity contribution in [1.82, 2.24) is 15.1 Å². The SMILES string of the molecule is CCCn1cc(CC(CN)C(=O)NCC)cn1. The summed E-state index contributed by atoms with van der Waals surface area (Å²) in [5.74, 6) is -0.132. The van der Waals surface area contributed by atoms with Gasteiger partial charge in [-0.1, -0.05) is 6.92 Å². The number of nitrogens with one attached hydrogen (secondary N) is 1. The molecular weight excluding hydrogens is 216 g/mol. The second-order valence-electron chi connectivity index (χ2n) is 4.14. The normalized spacial score (nSPS) is 12.4. The van der Waals surface area contributed by atoms with E-state index in [1.165, 1.54) is 0 Å². The molecule has 3 N–H and O–H groups in total. The fourth-order valence-corrected chi connectivity index (χ4v) is 1.75. The Balaban J connectivity index is 2.57. The number of carbonyl (C=O) groups excluding carboxylic acids is 1. The molecule has 0 aromatic carbocycles. The molecule has 1 unspecified atom stereocenters. The van der Waals surface area contributed by atoms with Gasteiger partial charge in [-0.25, -0.2) is 0 Å². The Morgan fingerprint density at radius 2 is 2.35 bits per heavy atom. The Morgan fingerprint density at radius 3 is 2.94 bits per heavy atom. The molecule has 0 aliphatic heterocycles. The highest BCUT2D eigenvalue weighted by Crippen LogP contribution is 2.08. The number of aromatic nitrogens is 2. The molecule has 0 fully saturated rings. The molecule has 0 saturated carbocycles. The average Bonchev–Trinajstić information content (AvgIpc) is 2.74. The van der Waals surface area contributed by atoms with Crippen LogP contribution in [0.5, 0.6) is 0 Å². The lowest BCUT2D eigenvalue weighted by atomic mass is 10.0. The van der Waals surface area contributed by atoms with E-state index in [0.717, 1.165) is 18.5 Å². The predicted molar refractivity (Wildman–Crippen MR) is 67.5 cm³/mol. The van der Waals surface area contributed by atoms with Crippen molar-refractivity contribution in [2.24, 2.45) is 11.7 Å². The van der Waals surface area contributed by atoms with Gasteiger partial charge < -0.3 is 11.1 Å². The van der Waals surface area contributed by atoms with Gasteiger partial charge in [0.05, 0.1) is 12.1 Å². The van der Waals surface area contributed by atoms with Crippen LogP contribution in [-0.2, 0) is 17.8 Å². The van der Waals surface area contributed by atoms with Crippen LogP contribution in [0.4, 0.5) is 0 Å². The average molecular weight is 238 g/mol. The van der Waals surface area contributed by atoms with E-state index in [9.17, 15) is 4.79 Å². The Kier molecular flexibility index (Phi) is 5.69. The summed E-state index contributed by atoms with van der Waals surface area (Å²) in [6, 6.07) is 0. The molecule has 0 aliphatic rings. The fourth-order valence-electron chi connectivity index (χ4n) is 1.75. The van der Waals surface area contributed by atoms with E-state index < -0.39 is 0 Å². The lowest BCUT2D eigenvalue weighted by molar-refractivity contribution is -0.124. The van der Waals surface area contributed by atoms with Crippen LogP contribution in [0.25, 0.3) is 0 Å². The number of hydrogen-bond acceptors (Lipinski definition) is 3. The van der Waals surface area contributed by atoms with E-state index in [1.54, 1.807) is 0 Å². The van der Waals surface area contributed by atoms with E-state index >= 15 is 0 Å². The van der Waals surface area contributed by atoms with Gasteiger partial charge in [0.15, 0.2) is 0 Å². The van der Waals surface area contributed by atoms with Gasteiger partial charge in [-0.2, -0.15) is 5.10 Å². The first kappa shape index (κ1) is 13.7. The Morgan fingerprint density at radius 1 is 1.59 bits per heavy atom. The topological polar surface area (TPSA) is 72.9 Å². The molecule has 1 rings (SSSR count). The molecule has 96 valence electrons. The van der Waals surface area contributed by atoms with Gasteiger partial charge in [-0.15, -0.1) is 0 Å². The third-order valence-corrected chi connectivity index (χ3v) is 2.63. The Bertz CT molecular complexity index is 348. The maximum atomic E-state index is 11.7. The van der Waals surface area contributed by atoms with E-state index in [2.05, 4.69) is 17.3 Å². The van der Waals surface area contributed by atoms with Crippen LogP contribution in [0, 0.1) is 5.92 Å². The van der Waals surface area contributed by atoms with E-state index in [1.807, 2.05) is 24.0 Å². The predicted octanol–water partition coefficient (Wildman–Crippen LogP) is 0.547. The molecule has 5 nitrogen and oxygen atoms in total. The highest BCUT2D eigenvalue weighted by molar-refractivity contribution is 5.79. The number of amides is 1. The van der Waals surface area contributed by atoms with E-state index in [0.29, 0.717) is 19.5 Å². The van der Waals surface area contributed by atoms with Crippen LogP contribution in [0.3, 0.4) is 0 Å². The molecule has 0 radical (unpaired) electrons. The number of nitrogens with two attached hydrogens (primary N) is 1. The number of hydrogen-bond donors (Lipinski definition) is 2. The molecule has 0 saturated heterocycles. The van der Waals surface area contributed by atoms with Gasteiger partial charge in [0, 0.05) is 25.8 Å². The van der Waals surface area contributed by atoms with Crippen LogP contribution < -0.4 is 11.1 Å². The summed E-state index contributed by atoms with van der Waals surface area (Å²) in [6.45, 7) is 5.94. The first-order valence-corrected chi connectivity index (χ1v) is 6.20. The van der Waals surface area contributed by atoms with Gasteiger partial charge >= 0.3 is 0 Å². The fraction of sp³-hybridized carbons (Fsp3) is 0.667. The number of carbonyl (C=O) groups is 1. The summed E-state index contributed by atoms with van der Waals surface area (Å²) >= 11 is 0. The van der Waals surface area contributed by atoms with Gasteiger partial charge in [-0.05, 0) is 25.3 Å². The molecule has 0 spiro atoms. The lowest BCUT2D eigenvalue weighted by Crippen LogP contribution is -2.36. The van der Waals surface area contributed by atoms with Crippen molar-refractivity contribution < 1.29 is 4.79 Å². The number of nitrogens with zero attached hydrogens (tertiary/aromatic N) is 2. The lowest BCUT2D eigenvalue weighted by Gasteiger charge is -2.12. The van der Waals surface area contributed by atoms with Gasteiger partial charge in [0.25, 0.3) is 0 Å². The molecule has 0 aliphatic carbocycles. The van der Waals surface area contributed by atoms with Crippen LogP contribution in [0.15, 0.2) is 12.4 Å². The first-order valence-electron chi connectivity index (χ1n) is 6.20. The standard InChI is InChI=1S/C12H22N4O/c1-3-5-16-9-10(8-15-16)6-11(7-13)12(17)14-4-2/h8-9,11H,3-7,13H2,1-2H3,(H,14,17). The zero-order valence-corrected chi connectivity index (χ0v) is 10.6. The molecule has 1 atom stereocenters. The third-order valence-electron chi connectivity index (χ3n) is 2.63. The highest BCUT2D eigenvalue weighted by Gasteiger charge is 2.17. The van der Waals surface area contributed by atoms with Crippen molar-refractivity contribution in [3.8, 4) is 0 Å². The minimum atomic E-state index is -0.158. The van der Waals surface area contributed by atoms with Gasteiger partial charge in [0.1, 0.15) is 0 Å². The van der Waals surface area contributed by atoms with Crippen molar-refractivity contribution in [2.75, 3.05) is 13.1 Å². The second-order valence-corrected chi connectivity index (χ2v) is 4.14. The molecule has 0 bridgehead atoms. The Labute approximate surface area is 102 Å². The van der Waals surface area contributed by atoms with Crippen molar-refractivity contribution in [3.63, 3.8) is 0 Å². The van der Waals surface area contributed by atoms with Gasteiger partial charge in [-0.3, -0.25) is 9.48 Å². The summed E-state index contributed by atoms with van der Waals surface area (Å²) in [4.78, 5) is 11.7.